The number of ether oxygens (including phenoxy) is 1. The molecule has 1 saturated heterocycles. The average molecular weight is 608 g/mol. The van der Waals surface area contributed by atoms with Gasteiger partial charge in [0.05, 0.1) is 24.4 Å². The number of aliphatic hydroxyl groups is 4. The summed E-state index contributed by atoms with van der Waals surface area (Å²) in [6.07, 6.45) is 19.4. The fraction of sp³-hybridized carbons (Fsp3) is 0.714. The lowest BCUT2D eigenvalue weighted by molar-refractivity contribution is -0.147. The number of hydrogen-bond acceptors (Lipinski definition) is 7. The lowest BCUT2D eigenvalue weighted by Gasteiger charge is -2.36. The molecule has 1 saturated carbocycles. The van der Waals surface area contributed by atoms with E-state index in [1.807, 2.05) is 25.2 Å². The first-order valence-corrected chi connectivity index (χ1v) is 16.2. The largest absolute Gasteiger partial charge is 0.397 e. The Morgan fingerprint density at radius 1 is 1.02 bits per heavy atom. The van der Waals surface area contributed by atoms with Crippen LogP contribution in [0.3, 0.4) is 0 Å². The highest BCUT2D eigenvalue weighted by Crippen LogP contribution is 2.35. The number of hydrogen-bond donors (Lipinski definition) is 5. The van der Waals surface area contributed by atoms with Crippen molar-refractivity contribution in [3.63, 3.8) is 0 Å². The number of allylic oxidation sites excluding steroid dienone is 6. The SMILES string of the molecule is C=C1CC(C(O)C(=O)NC(CCCCC)C2CC2)OC(C)C1C.CC(O)CC(O)CCC/C=C/C=C/C=C/C=O.CCO. The number of rotatable bonds is 17. The van der Waals surface area contributed by atoms with Gasteiger partial charge in [-0.25, -0.2) is 0 Å². The molecule has 7 atom stereocenters. The van der Waals surface area contributed by atoms with E-state index in [4.69, 9.17) is 14.9 Å². The van der Waals surface area contributed by atoms with Gasteiger partial charge in [-0.15, -0.1) is 0 Å². The van der Waals surface area contributed by atoms with E-state index in [9.17, 15) is 19.8 Å². The highest BCUT2D eigenvalue weighted by atomic mass is 16.5. The van der Waals surface area contributed by atoms with Gasteiger partial charge in [-0.2, -0.15) is 0 Å². The topological polar surface area (TPSA) is 136 Å². The molecule has 1 amide bonds. The standard InChI is InChI=1S/C19H33NO3.C14H22O3.C2H6O/c1-5-6-7-8-16(15-9-10-15)20-19(22)18(21)17-11-12(2)13(3)14(4)23-17;1-13(16)12-14(17)10-8-6-4-2-3-5-7-9-11-15;1-2-3/h13-18,21H,2,5-11H2,1,3-4H3,(H,20,22);2-5,7,9,11,13-14,16-17H,6,8,10,12H2,1H3;3H,2H2,1H3/b;4-2+,5-3+,9-7+;. The maximum atomic E-state index is 12.4. The molecule has 8 heteroatoms. The number of aliphatic hydroxyl groups excluding tert-OH is 4. The molecular formula is C35H61NO7. The summed E-state index contributed by atoms with van der Waals surface area (Å²) in [7, 11) is 0. The molecule has 0 bridgehead atoms. The van der Waals surface area contributed by atoms with Crippen LogP contribution in [0.1, 0.15) is 105 Å². The van der Waals surface area contributed by atoms with Crippen LogP contribution in [-0.4, -0.2) is 75.8 Å². The van der Waals surface area contributed by atoms with E-state index >= 15 is 0 Å². The zero-order valence-electron chi connectivity index (χ0n) is 27.4. The highest BCUT2D eigenvalue weighted by Gasteiger charge is 2.38. The molecule has 0 aromatic rings. The Morgan fingerprint density at radius 2 is 1.65 bits per heavy atom. The van der Waals surface area contributed by atoms with Crippen LogP contribution in [0.15, 0.2) is 48.6 Å². The quantitative estimate of drug-likeness (QED) is 0.0495. The molecule has 2 aliphatic rings. The van der Waals surface area contributed by atoms with Gasteiger partial charge in [0, 0.05) is 18.6 Å². The zero-order chi connectivity index (χ0) is 32.6. The molecule has 0 spiro atoms. The second kappa shape index (κ2) is 25.2. The van der Waals surface area contributed by atoms with Gasteiger partial charge < -0.3 is 30.5 Å². The lowest BCUT2D eigenvalue weighted by Crippen LogP contribution is -2.50. The van der Waals surface area contributed by atoms with E-state index in [1.54, 1.807) is 26.0 Å². The van der Waals surface area contributed by atoms with Gasteiger partial charge in [0.15, 0.2) is 6.10 Å². The number of unbranched alkanes of at least 4 members (excludes halogenated alkanes) is 3. The molecule has 8 nitrogen and oxygen atoms in total. The fourth-order valence-electron chi connectivity index (χ4n) is 4.77. The molecule has 0 aromatic heterocycles. The fourth-order valence-corrected chi connectivity index (χ4v) is 4.77. The van der Waals surface area contributed by atoms with E-state index in [0.717, 1.165) is 37.5 Å². The van der Waals surface area contributed by atoms with Crippen molar-refractivity contribution < 1.29 is 34.8 Å². The minimum atomic E-state index is -1.10. The predicted molar refractivity (Wildman–Crippen MR) is 174 cm³/mol. The summed E-state index contributed by atoms with van der Waals surface area (Å²) in [5.41, 5.74) is 1.06. The van der Waals surface area contributed by atoms with Crippen LogP contribution in [0.5, 0.6) is 0 Å². The minimum absolute atomic E-state index is 0.00696. The van der Waals surface area contributed by atoms with Crippen molar-refractivity contribution in [1.82, 2.24) is 5.32 Å². The van der Waals surface area contributed by atoms with Gasteiger partial charge in [0.2, 0.25) is 0 Å². The number of amides is 1. The van der Waals surface area contributed by atoms with E-state index in [0.29, 0.717) is 25.2 Å². The van der Waals surface area contributed by atoms with Crippen LogP contribution in [0, 0.1) is 11.8 Å². The molecule has 7 unspecified atom stereocenters. The van der Waals surface area contributed by atoms with Crippen molar-refractivity contribution in [2.45, 2.75) is 142 Å². The molecule has 1 heterocycles. The summed E-state index contributed by atoms with van der Waals surface area (Å²) in [6, 6.07) is 0.215. The van der Waals surface area contributed by atoms with Crippen molar-refractivity contribution in [1.29, 1.82) is 0 Å². The molecule has 2 fully saturated rings. The van der Waals surface area contributed by atoms with Crippen LogP contribution in [0.25, 0.3) is 0 Å². The van der Waals surface area contributed by atoms with Gasteiger partial charge in [-0.3, -0.25) is 9.59 Å². The van der Waals surface area contributed by atoms with E-state index in [2.05, 4.69) is 25.7 Å². The number of carbonyl (C=O) groups excluding carboxylic acids is 2. The minimum Gasteiger partial charge on any atom is -0.397 e. The lowest BCUT2D eigenvalue weighted by atomic mass is 9.88. The molecular weight excluding hydrogens is 546 g/mol. The molecule has 43 heavy (non-hydrogen) atoms. The maximum Gasteiger partial charge on any atom is 0.251 e. The van der Waals surface area contributed by atoms with Crippen molar-refractivity contribution >= 4 is 12.2 Å². The summed E-state index contributed by atoms with van der Waals surface area (Å²) in [4.78, 5) is 22.4. The molecule has 5 N–H and O–H groups in total. The molecule has 1 aliphatic heterocycles. The third kappa shape index (κ3) is 20.5. The van der Waals surface area contributed by atoms with Gasteiger partial charge in [-0.05, 0) is 84.1 Å². The number of carbonyl (C=O) groups is 2. The zero-order valence-corrected chi connectivity index (χ0v) is 27.4. The van der Waals surface area contributed by atoms with Crippen molar-refractivity contribution in [3.05, 3.63) is 48.6 Å². The number of aldehydes is 1. The van der Waals surface area contributed by atoms with Gasteiger partial charge in [-0.1, -0.05) is 75.6 Å². The first-order chi connectivity index (χ1) is 20.5. The monoisotopic (exact) mass is 607 g/mol. The summed E-state index contributed by atoms with van der Waals surface area (Å²) in [6.45, 7) is 13.9. The molecule has 1 aliphatic carbocycles. The third-order valence-electron chi connectivity index (χ3n) is 7.64. The Hall–Kier alpha value is -2.10. The van der Waals surface area contributed by atoms with Crippen LogP contribution in [-0.2, 0) is 14.3 Å². The highest BCUT2D eigenvalue weighted by molar-refractivity contribution is 5.81. The molecule has 248 valence electrons. The van der Waals surface area contributed by atoms with E-state index in [-0.39, 0.29) is 30.6 Å². The Kier molecular flexibility index (Phi) is 24.0. The normalized spacial score (nSPS) is 23.2. The molecule has 0 aromatic carbocycles. The number of nitrogens with one attached hydrogen (secondary N) is 1. The van der Waals surface area contributed by atoms with Crippen molar-refractivity contribution in [2.75, 3.05) is 6.61 Å². The summed E-state index contributed by atoms with van der Waals surface area (Å²) in [5.74, 6) is 0.594. The van der Waals surface area contributed by atoms with Crippen LogP contribution in [0.2, 0.25) is 0 Å². The second-order valence-corrected chi connectivity index (χ2v) is 11.7. The van der Waals surface area contributed by atoms with Crippen molar-refractivity contribution in [3.8, 4) is 0 Å². The first kappa shape index (κ1) is 40.9. The maximum absolute atomic E-state index is 12.4. The van der Waals surface area contributed by atoms with E-state index < -0.39 is 24.4 Å². The first-order valence-electron chi connectivity index (χ1n) is 16.2. The van der Waals surface area contributed by atoms with Crippen LogP contribution >= 0.6 is 0 Å². The Labute approximate surface area is 261 Å². The average Bonchev–Trinajstić information content (AvgIpc) is 3.80. The second-order valence-electron chi connectivity index (χ2n) is 11.7. The van der Waals surface area contributed by atoms with Gasteiger partial charge in [0.25, 0.3) is 5.91 Å². The van der Waals surface area contributed by atoms with Crippen LogP contribution in [0.4, 0.5) is 0 Å². The summed E-state index contributed by atoms with van der Waals surface area (Å²) < 4.78 is 5.84. The Balaban J connectivity index is 0.000000783. The van der Waals surface area contributed by atoms with E-state index in [1.165, 1.54) is 31.8 Å². The third-order valence-corrected chi connectivity index (χ3v) is 7.64. The van der Waals surface area contributed by atoms with Crippen molar-refractivity contribution in [2.24, 2.45) is 11.8 Å². The summed E-state index contributed by atoms with van der Waals surface area (Å²) >= 11 is 0. The Bertz CT molecular complexity index is 834. The Morgan fingerprint density at radius 3 is 2.21 bits per heavy atom. The molecule has 0 radical (unpaired) electrons. The van der Waals surface area contributed by atoms with Crippen LogP contribution < -0.4 is 5.32 Å². The smallest absolute Gasteiger partial charge is 0.251 e. The summed E-state index contributed by atoms with van der Waals surface area (Å²) in [5, 5.41) is 39.6. The molecule has 2 rings (SSSR count). The predicted octanol–water partition coefficient (Wildman–Crippen LogP) is 5.35. The van der Waals surface area contributed by atoms with Gasteiger partial charge in [0.1, 0.15) is 6.29 Å². The van der Waals surface area contributed by atoms with Gasteiger partial charge >= 0.3 is 0 Å².